The van der Waals surface area contributed by atoms with E-state index in [0.717, 1.165) is 4.90 Å². The zero-order chi connectivity index (χ0) is 10.3. The number of carbonyl (C=O) groups excluding carboxylic acids is 2. The van der Waals surface area contributed by atoms with Gasteiger partial charge in [-0.15, -0.1) is 0 Å². The molecule has 1 heterocycles. The first-order valence-corrected chi connectivity index (χ1v) is 4.24. The van der Waals surface area contributed by atoms with E-state index in [-0.39, 0.29) is 0 Å². The number of aliphatic hydroxyl groups excluding tert-OH is 1. The molecular weight excluding hydrogens is 182 g/mol. The lowest BCUT2D eigenvalue weighted by Crippen LogP contribution is -2.32. The van der Waals surface area contributed by atoms with Crippen LogP contribution in [0.2, 0.25) is 0 Å². The zero-order valence-corrected chi connectivity index (χ0v) is 7.60. The van der Waals surface area contributed by atoms with Crippen LogP contribution in [0.1, 0.15) is 29.1 Å². The van der Waals surface area contributed by atoms with E-state index in [4.69, 9.17) is 0 Å². The van der Waals surface area contributed by atoms with Crippen LogP contribution in [-0.2, 0) is 4.79 Å². The number of carbonyl (C=O) groups is 2. The SMILES string of the molecule is CC(=O)N1C(=O)c2ccccc2[C@@H]1O. The highest BCUT2D eigenvalue weighted by Gasteiger charge is 2.37. The summed E-state index contributed by atoms with van der Waals surface area (Å²) in [5, 5.41) is 9.67. The van der Waals surface area contributed by atoms with E-state index in [1.165, 1.54) is 6.92 Å². The summed E-state index contributed by atoms with van der Waals surface area (Å²) in [4.78, 5) is 23.5. The molecule has 0 unspecified atom stereocenters. The van der Waals surface area contributed by atoms with Crippen molar-refractivity contribution >= 4 is 11.8 Å². The van der Waals surface area contributed by atoms with E-state index in [1.54, 1.807) is 24.3 Å². The molecule has 1 atom stereocenters. The first-order valence-electron chi connectivity index (χ1n) is 4.24. The van der Waals surface area contributed by atoms with Gasteiger partial charge in [-0.1, -0.05) is 18.2 Å². The summed E-state index contributed by atoms with van der Waals surface area (Å²) >= 11 is 0. The molecule has 4 nitrogen and oxygen atoms in total. The van der Waals surface area contributed by atoms with Gasteiger partial charge >= 0.3 is 0 Å². The molecule has 2 rings (SSSR count). The Morgan fingerprint density at radius 3 is 2.64 bits per heavy atom. The van der Waals surface area contributed by atoms with Crippen molar-refractivity contribution in [1.29, 1.82) is 0 Å². The monoisotopic (exact) mass is 191 g/mol. The lowest BCUT2D eigenvalue weighted by molar-refractivity contribution is -0.133. The van der Waals surface area contributed by atoms with Crippen LogP contribution >= 0.6 is 0 Å². The van der Waals surface area contributed by atoms with Crippen molar-refractivity contribution < 1.29 is 14.7 Å². The minimum absolute atomic E-state index is 0.398. The smallest absolute Gasteiger partial charge is 0.263 e. The van der Waals surface area contributed by atoms with E-state index in [9.17, 15) is 14.7 Å². The Balaban J connectivity index is 2.53. The number of hydrogen-bond donors (Lipinski definition) is 1. The number of amides is 2. The molecule has 0 bridgehead atoms. The van der Waals surface area contributed by atoms with Crippen molar-refractivity contribution in [3.8, 4) is 0 Å². The van der Waals surface area contributed by atoms with Crippen molar-refractivity contribution in [3.05, 3.63) is 35.4 Å². The third-order valence-corrected chi connectivity index (χ3v) is 2.27. The van der Waals surface area contributed by atoms with Gasteiger partial charge in [-0.3, -0.25) is 9.59 Å². The van der Waals surface area contributed by atoms with Gasteiger partial charge in [-0.25, -0.2) is 4.90 Å². The lowest BCUT2D eigenvalue weighted by Gasteiger charge is -2.15. The van der Waals surface area contributed by atoms with Crippen molar-refractivity contribution in [2.45, 2.75) is 13.2 Å². The van der Waals surface area contributed by atoms with Gasteiger partial charge in [0.2, 0.25) is 5.91 Å². The molecular formula is C10H9NO3. The van der Waals surface area contributed by atoms with Crippen molar-refractivity contribution in [3.63, 3.8) is 0 Å². The number of rotatable bonds is 0. The standard InChI is InChI=1S/C10H9NO3/c1-6(12)11-9(13)7-4-2-3-5-8(7)10(11)14/h2-5,9,13H,1H3/t9-/m0/s1. The summed E-state index contributed by atoms with van der Waals surface area (Å²) in [5.41, 5.74) is 0.892. The first kappa shape index (κ1) is 8.90. The number of aliphatic hydroxyl groups is 1. The second-order valence-electron chi connectivity index (χ2n) is 3.16. The van der Waals surface area contributed by atoms with Crippen LogP contribution in [-0.4, -0.2) is 21.8 Å². The fourth-order valence-electron chi connectivity index (χ4n) is 1.61. The van der Waals surface area contributed by atoms with Crippen LogP contribution < -0.4 is 0 Å². The Morgan fingerprint density at radius 1 is 1.43 bits per heavy atom. The van der Waals surface area contributed by atoms with Crippen LogP contribution in [0.4, 0.5) is 0 Å². The maximum atomic E-state index is 11.6. The summed E-state index contributed by atoms with van der Waals surface area (Å²) < 4.78 is 0. The minimum Gasteiger partial charge on any atom is -0.369 e. The molecule has 72 valence electrons. The Bertz CT molecular complexity index is 414. The van der Waals surface area contributed by atoms with Crippen LogP contribution in [0.5, 0.6) is 0 Å². The average Bonchev–Trinajstić information content (AvgIpc) is 2.41. The molecule has 0 saturated heterocycles. The molecule has 0 aliphatic carbocycles. The van der Waals surface area contributed by atoms with Crippen LogP contribution in [0.15, 0.2) is 24.3 Å². The second-order valence-corrected chi connectivity index (χ2v) is 3.16. The molecule has 14 heavy (non-hydrogen) atoms. The largest absolute Gasteiger partial charge is 0.369 e. The van der Waals surface area contributed by atoms with Gasteiger partial charge in [0.05, 0.1) is 0 Å². The quantitative estimate of drug-likeness (QED) is 0.656. The lowest BCUT2D eigenvalue weighted by atomic mass is 10.1. The molecule has 0 aromatic heterocycles. The number of imide groups is 1. The fraction of sp³-hybridized carbons (Fsp3) is 0.200. The van der Waals surface area contributed by atoms with Gasteiger partial charge in [0.25, 0.3) is 5.91 Å². The molecule has 1 aromatic rings. The Hall–Kier alpha value is -1.68. The highest BCUT2D eigenvalue weighted by Crippen LogP contribution is 2.30. The number of nitrogens with zero attached hydrogens (tertiary/aromatic N) is 1. The van der Waals surface area contributed by atoms with Crippen LogP contribution in [0, 0.1) is 0 Å². The third kappa shape index (κ3) is 1.04. The topological polar surface area (TPSA) is 57.6 Å². The van der Waals surface area contributed by atoms with Gasteiger partial charge in [-0.05, 0) is 6.07 Å². The molecule has 2 amide bonds. The number of benzene rings is 1. The van der Waals surface area contributed by atoms with Crippen molar-refractivity contribution in [1.82, 2.24) is 4.90 Å². The highest BCUT2D eigenvalue weighted by molar-refractivity contribution is 6.07. The van der Waals surface area contributed by atoms with Crippen LogP contribution in [0.3, 0.4) is 0 Å². The molecule has 0 radical (unpaired) electrons. The normalized spacial score (nSPS) is 19.7. The van der Waals surface area contributed by atoms with Gasteiger partial charge in [0.15, 0.2) is 6.23 Å². The predicted octanol–water partition coefficient (Wildman–Crippen LogP) is 0.680. The minimum atomic E-state index is -1.13. The maximum Gasteiger partial charge on any atom is 0.263 e. The summed E-state index contributed by atoms with van der Waals surface area (Å²) in [5.74, 6) is -0.876. The summed E-state index contributed by atoms with van der Waals surface area (Å²) in [6.07, 6.45) is -1.13. The van der Waals surface area contributed by atoms with E-state index >= 15 is 0 Å². The molecule has 0 spiro atoms. The van der Waals surface area contributed by atoms with Crippen molar-refractivity contribution in [2.75, 3.05) is 0 Å². The van der Waals surface area contributed by atoms with Gasteiger partial charge in [-0.2, -0.15) is 0 Å². The Kier molecular flexibility index (Phi) is 1.86. The number of fused-ring (bicyclic) bond motifs is 1. The highest BCUT2D eigenvalue weighted by atomic mass is 16.3. The van der Waals surface area contributed by atoms with Crippen molar-refractivity contribution in [2.24, 2.45) is 0 Å². The molecule has 0 saturated carbocycles. The molecule has 1 N–H and O–H groups in total. The fourth-order valence-corrected chi connectivity index (χ4v) is 1.61. The summed E-state index contributed by atoms with van der Waals surface area (Å²) in [7, 11) is 0. The first-order chi connectivity index (χ1) is 6.63. The van der Waals surface area contributed by atoms with E-state index < -0.39 is 18.0 Å². The molecule has 0 fully saturated rings. The summed E-state index contributed by atoms with van der Waals surface area (Å²) in [6, 6.07) is 6.66. The number of hydrogen-bond acceptors (Lipinski definition) is 3. The average molecular weight is 191 g/mol. The Labute approximate surface area is 80.8 Å². The second kappa shape index (κ2) is 2.92. The third-order valence-electron chi connectivity index (χ3n) is 2.27. The molecule has 1 aromatic carbocycles. The predicted molar refractivity (Wildman–Crippen MR) is 48.3 cm³/mol. The van der Waals surface area contributed by atoms with E-state index in [0.29, 0.717) is 11.1 Å². The molecule has 1 aliphatic rings. The Morgan fingerprint density at radius 2 is 2.07 bits per heavy atom. The molecule has 1 aliphatic heterocycles. The van der Waals surface area contributed by atoms with Gasteiger partial charge in [0, 0.05) is 18.1 Å². The maximum absolute atomic E-state index is 11.6. The van der Waals surface area contributed by atoms with Gasteiger partial charge in [0.1, 0.15) is 0 Å². The van der Waals surface area contributed by atoms with Gasteiger partial charge < -0.3 is 5.11 Å². The summed E-state index contributed by atoms with van der Waals surface area (Å²) in [6.45, 7) is 1.26. The molecule has 4 heteroatoms. The van der Waals surface area contributed by atoms with E-state index in [2.05, 4.69) is 0 Å². The van der Waals surface area contributed by atoms with E-state index in [1.807, 2.05) is 0 Å². The zero-order valence-electron chi connectivity index (χ0n) is 7.60. The van der Waals surface area contributed by atoms with Crippen LogP contribution in [0.25, 0.3) is 0 Å².